The van der Waals surface area contributed by atoms with Crippen LogP contribution in [0.1, 0.15) is 17.5 Å². The molecule has 0 aliphatic heterocycles. The van der Waals surface area contributed by atoms with Crippen molar-refractivity contribution < 1.29 is 9.53 Å². The summed E-state index contributed by atoms with van der Waals surface area (Å²) in [5.74, 6) is 1.94. The van der Waals surface area contributed by atoms with Crippen molar-refractivity contribution in [2.75, 3.05) is 23.9 Å². The van der Waals surface area contributed by atoms with Crippen LogP contribution in [0.15, 0.2) is 42.5 Å². The fourth-order valence-corrected chi connectivity index (χ4v) is 3.21. The van der Waals surface area contributed by atoms with E-state index in [1.807, 2.05) is 19.1 Å². The van der Waals surface area contributed by atoms with Crippen molar-refractivity contribution >= 4 is 35.0 Å². The van der Waals surface area contributed by atoms with E-state index < -0.39 is 0 Å². The number of carbonyl (C=O) groups excluding carboxylic acids is 1. The Hall–Kier alpha value is -1.65. The van der Waals surface area contributed by atoms with Crippen LogP contribution in [0, 0.1) is 6.92 Å². The van der Waals surface area contributed by atoms with E-state index >= 15 is 0 Å². The standard InChI is InChI=1S/C19H22ClNO2S/c1-14-11-17(18(23-2)12-16(14)20)21-19(22)13-24-10-6-9-15-7-4-3-5-8-15/h3-5,7-8,11-12H,6,9-10,13H2,1-2H3,(H,21,22). The summed E-state index contributed by atoms with van der Waals surface area (Å²) in [5, 5.41) is 3.52. The van der Waals surface area contributed by atoms with E-state index in [-0.39, 0.29) is 5.91 Å². The van der Waals surface area contributed by atoms with Gasteiger partial charge in [0, 0.05) is 11.1 Å². The molecule has 0 unspecified atom stereocenters. The highest BCUT2D eigenvalue weighted by Gasteiger charge is 2.10. The first kappa shape index (κ1) is 18.7. The molecule has 3 nitrogen and oxygen atoms in total. The lowest BCUT2D eigenvalue weighted by molar-refractivity contribution is -0.113. The van der Waals surface area contributed by atoms with Crippen molar-refractivity contribution in [2.45, 2.75) is 19.8 Å². The summed E-state index contributed by atoms with van der Waals surface area (Å²) in [6.07, 6.45) is 2.10. The van der Waals surface area contributed by atoms with Crippen LogP contribution in [0.3, 0.4) is 0 Å². The molecule has 0 heterocycles. The molecule has 2 aromatic carbocycles. The molecule has 0 aromatic heterocycles. The Morgan fingerprint density at radius 3 is 2.71 bits per heavy atom. The van der Waals surface area contributed by atoms with Crippen LogP contribution in [-0.4, -0.2) is 24.5 Å². The Morgan fingerprint density at radius 1 is 1.25 bits per heavy atom. The maximum Gasteiger partial charge on any atom is 0.234 e. The zero-order valence-electron chi connectivity index (χ0n) is 14.0. The van der Waals surface area contributed by atoms with Gasteiger partial charge in [0.15, 0.2) is 0 Å². The average molecular weight is 364 g/mol. The van der Waals surface area contributed by atoms with Crippen LogP contribution in [0.5, 0.6) is 5.75 Å². The zero-order valence-corrected chi connectivity index (χ0v) is 15.5. The van der Waals surface area contributed by atoms with Gasteiger partial charge in [0.05, 0.1) is 18.6 Å². The van der Waals surface area contributed by atoms with Gasteiger partial charge in [-0.05, 0) is 42.7 Å². The third-order valence-electron chi connectivity index (χ3n) is 3.58. The number of hydrogen-bond acceptors (Lipinski definition) is 3. The number of thioether (sulfide) groups is 1. The highest BCUT2D eigenvalue weighted by molar-refractivity contribution is 7.99. The van der Waals surface area contributed by atoms with Crippen LogP contribution in [0.4, 0.5) is 5.69 Å². The van der Waals surface area contributed by atoms with Crippen LogP contribution in [-0.2, 0) is 11.2 Å². The largest absolute Gasteiger partial charge is 0.495 e. The smallest absolute Gasteiger partial charge is 0.234 e. The van der Waals surface area contributed by atoms with Gasteiger partial charge in [-0.3, -0.25) is 4.79 Å². The highest BCUT2D eigenvalue weighted by atomic mass is 35.5. The molecular weight excluding hydrogens is 342 g/mol. The minimum atomic E-state index is -0.0280. The molecule has 128 valence electrons. The Morgan fingerprint density at radius 2 is 2.00 bits per heavy atom. The number of benzene rings is 2. The fourth-order valence-electron chi connectivity index (χ4n) is 2.30. The lowest BCUT2D eigenvalue weighted by Gasteiger charge is -2.12. The molecule has 0 bridgehead atoms. The summed E-state index contributed by atoms with van der Waals surface area (Å²) in [6.45, 7) is 1.90. The summed E-state index contributed by atoms with van der Waals surface area (Å²) in [5.41, 5.74) is 2.90. The molecule has 24 heavy (non-hydrogen) atoms. The molecular formula is C19H22ClNO2S. The maximum absolute atomic E-state index is 12.1. The molecule has 0 fully saturated rings. The molecule has 0 radical (unpaired) electrons. The molecule has 1 N–H and O–H groups in total. The third-order valence-corrected chi connectivity index (χ3v) is 5.04. The number of ether oxygens (including phenoxy) is 1. The van der Waals surface area contributed by atoms with E-state index in [1.54, 1.807) is 24.9 Å². The summed E-state index contributed by atoms with van der Waals surface area (Å²) >= 11 is 7.71. The van der Waals surface area contributed by atoms with Crippen LogP contribution in [0.2, 0.25) is 5.02 Å². The highest BCUT2D eigenvalue weighted by Crippen LogP contribution is 2.31. The fraction of sp³-hybridized carbons (Fsp3) is 0.316. The minimum absolute atomic E-state index is 0.0280. The van der Waals surface area contributed by atoms with Crippen LogP contribution < -0.4 is 10.1 Å². The second kappa shape index (κ2) is 9.60. The molecule has 0 atom stereocenters. The number of carbonyl (C=O) groups is 1. The Labute approximate surface area is 152 Å². The second-order valence-electron chi connectivity index (χ2n) is 5.49. The number of hydrogen-bond donors (Lipinski definition) is 1. The summed E-state index contributed by atoms with van der Waals surface area (Å²) in [4.78, 5) is 12.1. The van der Waals surface area contributed by atoms with Crippen LogP contribution in [0.25, 0.3) is 0 Å². The van der Waals surface area contributed by atoms with Gasteiger partial charge < -0.3 is 10.1 Å². The third kappa shape index (κ3) is 5.77. The number of anilines is 1. The minimum Gasteiger partial charge on any atom is -0.495 e. The van der Waals surface area contributed by atoms with Crippen molar-refractivity contribution in [1.82, 2.24) is 0 Å². The van der Waals surface area contributed by atoms with Gasteiger partial charge in [-0.1, -0.05) is 41.9 Å². The maximum atomic E-state index is 12.1. The first-order valence-corrected chi connectivity index (χ1v) is 9.39. The molecule has 0 aliphatic carbocycles. The Balaban J connectivity index is 1.74. The SMILES string of the molecule is COc1cc(Cl)c(C)cc1NC(=O)CSCCCc1ccccc1. The molecule has 2 rings (SSSR count). The zero-order chi connectivity index (χ0) is 17.4. The number of methoxy groups -OCH3 is 1. The molecule has 0 saturated carbocycles. The van der Waals surface area contributed by atoms with Crippen molar-refractivity contribution in [2.24, 2.45) is 0 Å². The van der Waals surface area contributed by atoms with Gasteiger partial charge in [0.2, 0.25) is 5.91 Å². The number of rotatable bonds is 8. The predicted molar refractivity (Wildman–Crippen MR) is 103 cm³/mol. The van der Waals surface area contributed by atoms with Crippen molar-refractivity contribution in [3.8, 4) is 5.75 Å². The molecule has 5 heteroatoms. The summed E-state index contributed by atoms with van der Waals surface area (Å²) in [7, 11) is 1.56. The van der Waals surface area contributed by atoms with E-state index in [2.05, 4.69) is 29.6 Å². The average Bonchev–Trinajstić information content (AvgIpc) is 2.58. The molecule has 1 amide bonds. The number of halogens is 1. The first-order chi connectivity index (χ1) is 11.6. The lowest BCUT2D eigenvalue weighted by atomic mass is 10.1. The van der Waals surface area contributed by atoms with Gasteiger partial charge in [-0.2, -0.15) is 11.8 Å². The Bertz CT molecular complexity index is 677. The van der Waals surface area contributed by atoms with E-state index in [0.717, 1.165) is 24.2 Å². The normalized spacial score (nSPS) is 10.5. The topological polar surface area (TPSA) is 38.3 Å². The monoisotopic (exact) mass is 363 g/mol. The van der Waals surface area contributed by atoms with Crippen molar-refractivity contribution in [3.63, 3.8) is 0 Å². The van der Waals surface area contributed by atoms with E-state index in [4.69, 9.17) is 16.3 Å². The first-order valence-electron chi connectivity index (χ1n) is 7.86. The molecule has 0 saturated heterocycles. The molecule has 0 spiro atoms. The predicted octanol–water partition coefficient (Wildman–Crippen LogP) is 4.96. The lowest BCUT2D eigenvalue weighted by Crippen LogP contribution is -2.15. The van der Waals surface area contributed by atoms with E-state index in [1.165, 1.54) is 5.56 Å². The van der Waals surface area contributed by atoms with E-state index in [9.17, 15) is 4.79 Å². The number of nitrogens with one attached hydrogen (secondary N) is 1. The van der Waals surface area contributed by atoms with Crippen molar-refractivity contribution in [1.29, 1.82) is 0 Å². The van der Waals surface area contributed by atoms with Crippen molar-refractivity contribution in [3.05, 3.63) is 58.6 Å². The Kier molecular flexibility index (Phi) is 7.47. The van der Waals surface area contributed by atoms with E-state index in [0.29, 0.717) is 22.2 Å². The van der Waals surface area contributed by atoms with Crippen LogP contribution >= 0.6 is 23.4 Å². The van der Waals surface area contributed by atoms with Gasteiger partial charge >= 0.3 is 0 Å². The number of amides is 1. The van der Waals surface area contributed by atoms with Gasteiger partial charge in [0.1, 0.15) is 5.75 Å². The summed E-state index contributed by atoms with van der Waals surface area (Å²) < 4.78 is 5.27. The second-order valence-corrected chi connectivity index (χ2v) is 7.00. The number of aryl methyl sites for hydroxylation is 2. The van der Waals surface area contributed by atoms with Gasteiger partial charge in [0.25, 0.3) is 0 Å². The summed E-state index contributed by atoms with van der Waals surface area (Å²) in [6, 6.07) is 13.9. The molecule has 0 aliphatic rings. The van der Waals surface area contributed by atoms with Gasteiger partial charge in [-0.15, -0.1) is 0 Å². The quantitative estimate of drug-likeness (QED) is 0.673. The molecule has 2 aromatic rings. The van der Waals surface area contributed by atoms with Gasteiger partial charge in [-0.25, -0.2) is 0 Å².